The van der Waals surface area contributed by atoms with Crippen molar-refractivity contribution in [3.8, 4) is 0 Å². The lowest BCUT2D eigenvalue weighted by Gasteiger charge is -1.98. The van der Waals surface area contributed by atoms with Crippen molar-refractivity contribution < 1.29 is 0 Å². The van der Waals surface area contributed by atoms with E-state index in [1.807, 2.05) is 0 Å². The van der Waals surface area contributed by atoms with Crippen LogP contribution in [0, 0.1) is 0 Å². The van der Waals surface area contributed by atoms with E-state index in [2.05, 4.69) is 38.9 Å². The summed E-state index contributed by atoms with van der Waals surface area (Å²) in [5.74, 6) is 0. The van der Waals surface area contributed by atoms with Gasteiger partial charge in [-0.1, -0.05) is 6.08 Å². The molecule has 0 fully saturated rings. The summed E-state index contributed by atoms with van der Waals surface area (Å²) in [4.78, 5) is 8.57. The Morgan fingerprint density at radius 1 is 1.55 bits per heavy atom. The minimum absolute atomic E-state index is 0.811. The summed E-state index contributed by atoms with van der Waals surface area (Å²) in [6.07, 6.45) is 4.82. The van der Waals surface area contributed by atoms with Crippen LogP contribution in [0.25, 0.3) is 5.57 Å². The second-order valence-electron chi connectivity index (χ2n) is 2.58. The molecule has 2 nitrogen and oxygen atoms in total. The second kappa shape index (κ2) is 2.41. The van der Waals surface area contributed by atoms with E-state index >= 15 is 0 Å². The van der Waals surface area contributed by atoms with E-state index < -0.39 is 0 Å². The molecule has 1 aliphatic rings. The minimum atomic E-state index is 0.811. The number of aromatic nitrogens is 2. The molecule has 0 aliphatic heterocycles. The van der Waals surface area contributed by atoms with E-state index in [1.54, 1.807) is 6.20 Å². The van der Waals surface area contributed by atoms with Gasteiger partial charge in [-0.3, -0.25) is 4.98 Å². The molecule has 0 spiro atoms. The highest BCUT2D eigenvalue weighted by molar-refractivity contribution is 9.10. The largest absolute Gasteiger partial charge is 0.256 e. The summed E-state index contributed by atoms with van der Waals surface area (Å²) in [5, 5.41) is 0. The van der Waals surface area contributed by atoms with Gasteiger partial charge in [-0.15, -0.1) is 0 Å². The normalized spacial score (nSPS) is 14.5. The van der Waals surface area contributed by atoms with Crippen LogP contribution in [0.15, 0.2) is 16.9 Å². The molecular weight excluding hydrogens is 204 g/mol. The van der Waals surface area contributed by atoms with Gasteiger partial charge >= 0.3 is 0 Å². The maximum atomic E-state index is 4.32. The first kappa shape index (κ1) is 6.98. The maximum absolute atomic E-state index is 4.32. The van der Waals surface area contributed by atoms with Crippen molar-refractivity contribution in [2.75, 3.05) is 0 Å². The van der Waals surface area contributed by atoms with Crippen LogP contribution in [0.5, 0.6) is 0 Å². The fraction of sp³-hybridized carbons (Fsp3) is 0.250. The molecule has 0 bridgehead atoms. The number of halogens is 1. The quantitative estimate of drug-likeness (QED) is 0.657. The molecular formula is C8H7BrN2. The third-order valence-corrected chi connectivity index (χ3v) is 2.18. The predicted molar refractivity (Wildman–Crippen MR) is 47.1 cm³/mol. The lowest BCUT2D eigenvalue weighted by molar-refractivity contribution is 1.05. The summed E-state index contributed by atoms with van der Waals surface area (Å²) in [6, 6.07) is 0. The smallest absolute Gasteiger partial charge is 0.125 e. The molecule has 56 valence electrons. The Kier molecular flexibility index (Phi) is 1.53. The molecule has 0 aromatic carbocycles. The van der Waals surface area contributed by atoms with Gasteiger partial charge in [0.2, 0.25) is 0 Å². The zero-order valence-corrected chi connectivity index (χ0v) is 7.72. The number of fused-ring (bicyclic) bond motifs is 1. The molecule has 0 radical (unpaired) electrons. The lowest BCUT2D eigenvalue weighted by atomic mass is 10.2. The van der Waals surface area contributed by atoms with Crippen molar-refractivity contribution in [3.05, 3.63) is 28.3 Å². The molecule has 0 saturated heterocycles. The molecule has 1 heterocycles. The highest BCUT2D eigenvalue weighted by atomic mass is 79.9. The van der Waals surface area contributed by atoms with Gasteiger partial charge in [0.05, 0.1) is 17.6 Å². The van der Waals surface area contributed by atoms with E-state index in [9.17, 15) is 0 Å². The summed E-state index contributed by atoms with van der Waals surface area (Å²) in [7, 11) is 0. The van der Waals surface area contributed by atoms with Crippen molar-refractivity contribution >= 4 is 21.5 Å². The summed E-state index contributed by atoms with van der Waals surface area (Å²) < 4.78 is 0.811. The van der Waals surface area contributed by atoms with Gasteiger partial charge in [0.25, 0.3) is 0 Å². The van der Waals surface area contributed by atoms with Crippen LogP contribution in [-0.4, -0.2) is 9.97 Å². The Labute approximate surface area is 73.5 Å². The molecule has 0 saturated carbocycles. The standard InChI is InChI=1S/C8H7BrN2/c1-5-2-3-6-8(5)11-7(9)4-10-6/h2,4H,3H2,1H3. The lowest BCUT2D eigenvalue weighted by Crippen LogP contribution is -1.92. The SMILES string of the molecule is CC1=CCc2ncc(Br)nc21. The monoisotopic (exact) mass is 210 g/mol. The highest BCUT2D eigenvalue weighted by Gasteiger charge is 2.12. The van der Waals surface area contributed by atoms with Gasteiger partial charge in [-0.05, 0) is 28.4 Å². The van der Waals surface area contributed by atoms with Crippen molar-refractivity contribution in [1.82, 2.24) is 9.97 Å². The molecule has 0 unspecified atom stereocenters. The third kappa shape index (κ3) is 1.09. The first-order valence-corrected chi connectivity index (χ1v) is 4.25. The van der Waals surface area contributed by atoms with Crippen molar-refractivity contribution in [2.45, 2.75) is 13.3 Å². The van der Waals surface area contributed by atoms with Gasteiger partial charge in [0, 0.05) is 6.42 Å². The summed E-state index contributed by atoms with van der Waals surface area (Å²) in [6.45, 7) is 2.06. The summed E-state index contributed by atoms with van der Waals surface area (Å²) >= 11 is 3.29. The van der Waals surface area contributed by atoms with Crippen LogP contribution in [0.4, 0.5) is 0 Å². The van der Waals surface area contributed by atoms with Crippen LogP contribution in [0.1, 0.15) is 18.3 Å². The fourth-order valence-electron chi connectivity index (χ4n) is 1.20. The molecule has 0 N–H and O–H groups in total. The average molecular weight is 211 g/mol. The Morgan fingerprint density at radius 2 is 2.36 bits per heavy atom. The zero-order chi connectivity index (χ0) is 7.84. The minimum Gasteiger partial charge on any atom is -0.256 e. The van der Waals surface area contributed by atoms with Gasteiger partial charge in [-0.2, -0.15) is 0 Å². The Morgan fingerprint density at radius 3 is 3.18 bits per heavy atom. The summed E-state index contributed by atoms with van der Waals surface area (Å²) in [5.41, 5.74) is 3.36. The van der Waals surface area contributed by atoms with Gasteiger partial charge in [0.15, 0.2) is 0 Å². The van der Waals surface area contributed by atoms with E-state index in [0.29, 0.717) is 0 Å². The van der Waals surface area contributed by atoms with Crippen molar-refractivity contribution in [1.29, 1.82) is 0 Å². The molecule has 0 atom stereocenters. The maximum Gasteiger partial charge on any atom is 0.125 e. The number of hydrogen-bond donors (Lipinski definition) is 0. The van der Waals surface area contributed by atoms with Crippen LogP contribution in [-0.2, 0) is 6.42 Å². The molecule has 1 aromatic rings. The van der Waals surface area contributed by atoms with Crippen LogP contribution in [0.2, 0.25) is 0 Å². The Bertz CT molecular complexity index is 331. The Hall–Kier alpha value is -0.700. The van der Waals surface area contributed by atoms with Crippen LogP contribution < -0.4 is 0 Å². The topological polar surface area (TPSA) is 25.8 Å². The number of hydrogen-bond acceptors (Lipinski definition) is 2. The van der Waals surface area contributed by atoms with Gasteiger partial charge < -0.3 is 0 Å². The van der Waals surface area contributed by atoms with Gasteiger partial charge in [-0.25, -0.2) is 4.98 Å². The van der Waals surface area contributed by atoms with Crippen molar-refractivity contribution in [3.63, 3.8) is 0 Å². The molecule has 1 aromatic heterocycles. The highest BCUT2D eigenvalue weighted by Crippen LogP contribution is 2.23. The third-order valence-electron chi connectivity index (χ3n) is 1.79. The molecule has 0 amide bonds. The predicted octanol–water partition coefficient (Wildman–Crippen LogP) is 2.20. The molecule has 1 aliphatic carbocycles. The average Bonchev–Trinajstić information content (AvgIpc) is 2.33. The zero-order valence-electron chi connectivity index (χ0n) is 6.13. The van der Waals surface area contributed by atoms with Crippen LogP contribution in [0.3, 0.4) is 0 Å². The first-order chi connectivity index (χ1) is 5.27. The van der Waals surface area contributed by atoms with Crippen molar-refractivity contribution in [2.24, 2.45) is 0 Å². The van der Waals surface area contributed by atoms with E-state index in [0.717, 1.165) is 22.4 Å². The van der Waals surface area contributed by atoms with Gasteiger partial charge in [0.1, 0.15) is 4.60 Å². The van der Waals surface area contributed by atoms with E-state index in [4.69, 9.17) is 0 Å². The fourth-order valence-corrected chi connectivity index (χ4v) is 1.48. The Balaban J connectivity index is 2.60. The number of nitrogens with zero attached hydrogens (tertiary/aromatic N) is 2. The van der Waals surface area contributed by atoms with E-state index in [1.165, 1.54) is 5.57 Å². The number of rotatable bonds is 0. The molecule has 3 heteroatoms. The molecule has 11 heavy (non-hydrogen) atoms. The second-order valence-corrected chi connectivity index (χ2v) is 3.39. The number of allylic oxidation sites excluding steroid dienone is 2. The van der Waals surface area contributed by atoms with E-state index in [-0.39, 0.29) is 0 Å². The van der Waals surface area contributed by atoms with Crippen LogP contribution >= 0.6 is 15.9 Å². The first-order valence-electron chi connectivity index (χ1n) is 3.46. The molecule has 2 rings (SSSR count).